The summed E-state index contributed by atoms with van der Waals surface area (Å²) < 4.78 is 0. The lowest BCUT2D eigenvalue weighted by Crippen LogP contribution is -2.23. The minimum atomic E-state index is -0.117. The van der Waals surface area contributed by atoms with Crippen molar-refractivity contribution in [2.75, 3.05) is 12.3 Å². The van der Waals surface area contributed by atoms with Gasteiger partial charge in [0.1, 0.15) is 0 Å². The molecule has 0 heterocycles. The number of halogens is 1. The van der Waals surface area contributed by atoms with E-state index in [-0.39, 0.29) is 5.91 Å². The first-order valence-corrected chi connectivity index (χ1v) is 4.86. The molecule has 1 aromatic carbocycles. The van der Waals surface area contributed by atoms with Gasteiger partial charge < -0.3 is 11.1 Å². The molecule has 0 unspecified atom stereocenters. The monoisotopic (exact) mass is 212 g/mol. The van der Waals surface area contributed by atoms with Crippen molar-refractivity contribution in [1.29, 1.82) is 0 Å². The van der Waals surface area contributed by atoms with Crippen molar-refractivity contribution in [2.24, 2.45) is 0 Å². The zero-order chi connectivity index (χ0) is 10.6. The summed E-state index contributed by atoms with van der Waals surface area (Å²) in [5.41, 5.74) is 6.55. The smallest absolute Gasteiger partial charge is 0.251 e. The summed E-state index contributed by atoms with van der Waals surface area (Å²) in [6.07, 6.45) is 0.911. The van der Waals surface area contributed by atoms with E-state index in [0.717, 1.165) is 6.42 Å². The molecule has 3 N–H and O–H groups in total. The SMILES string of the molecule is CCCNC(=O)c1ccc(N)c(Cl)c1. The molecule has 0 saturated carbocycles. The molecule has 1 rings (SSSR count). The van der Waals surface area contributed by atoms with Crippen molar-refractivity contribution >= 4 is 23.2 Å². The Morgan fingerprint density at radius 1 is 1.57 bits per heavy atom. The van der Waals surface area contributed by atoms with Gasteiger partial charge in [0.05, 0.1) is 10.7 Å². The number of anilines is 1. The number of nitrogen functional groups attached to an aromatic ring is 1. The highest BCUT2D eigenvalue weighted by Crippen LogP contribution is 2.19. The van der Waals surface area contributed by atoms with E-state index >= 15 is 0 Å². The molecule has 0 fully saturated rings. The van der Waals surface area contributed by atoms with Crippen LogP contribution in [0.2, 0.25) is 5.02 Å². The molecule has 3 nitrogen and oxygen atoms in total. The van der Waals surface area contributed by atoms with Crippen LogP contribution < -0.4 is 11.1 Å². The van der Waals surface area contributed by atoms with Gasteiger partial charge in [0, 0.05) is 12.1 Å². The first-order chi connectivity index (χ1) is 6.65. The Kier molecular flexibility index (Phi) is 3.77. The zero-order valence-corrected chi connectivity index (χ0v) is 8.77. The minimum absolute atomic E-state index is 0.117. The van der Waals surface area contributed by atoms with Gasteiger partial charge in [0.15, 0.2) is 0 Å². The Balaban J connectivity index is 2.76. The van der Waals surface area contributed by atoms with E-state index in [0.29, 0.717) is 22.8 Å². The fraction of sp³-hybridized carbons (Fsp3) is 0.300. The molecule has 0 aliphatic heterocycles. The normalized spacial score (nSPS) is 9.86. The average Bonchev–Trinajstić information content (AvgIpc) is 2.18. The van der Waals surface area contributed by atoms with E-state index in [2.05, 4.69) is 5.32 Å². The predicted octanol–water partition coefficient (Wildman–Crippen LogP) is 2.06. The van der Waals surface area contributed by atoms with Crippen LogP contribution in [0, 0.1) is 0 Å². The summed E-state index contributed by atoms with van der Waals surface area (Å²) in [6, 6.07) is 4.86. The number of amides is 1. The Morgan fingerprint density at radius 3 is 2.86 bits per heavy atom. The molecule has 0 spiro atoms. The predicted molar refractivity (Wildman–Crippen MR) is 58.5 cm³/mol. The second-order valence-electron chi connectivity index (χ2n) is 2.99. The van der Waals surface area contributed by atoms with Crippen LogP contribution in [0.1, 0.15) is 23.7 Å². The van der Waals surface area contributed by atoms with Crippen LogP contribution in [0.3, 0.4) is 0 Å². The maximum Gasteiger partial charge on any atom is 0.251 e. The van der Waals surface area contributed by atoms with Crippen LogP contribution in [0.5, 0.6) is 0 Å². The summed E-state index contributed by atoms with van der Waals surface area (Å²) in [5, 5.41) is 3.17. The van der Waals surface area contributed by atoms with Gasteiger partial charge in [-0.15, -0.1) is 0 Å². The van der Waals surface area contributed by atoms with Crippen molar-refractivity contribution in [2.45, 2.75) is 13.3 Å². The molecule has 0 saturated heterocycles. The van der Waals surface area contributed by atoms with Crippen molar-refractivity contribution in [3.63, 3.8) is 0 Å². The number of hydrogen-bond donors (Lipinski definition) is 2. The van der Waals surface area contributed by atoms with Gasteiger partial charge in [-0.25, -0.2) is 0 Å². The van der Waals surface area contributed by atoms with Gasteiger partial charge in [-0.2, -0.15) is 0 Å². The highest BCUT2D eigenvalue weighted by atomic mass is 35.5. The van der Waals surface area contributed by atoms with Gasteiger partial charge in [0.2, 0.25) is 0 Å². The van der Waals surface area contributed by atoms with Crippen LogP contribution in [0.25, 0.3) is 0 Å². The molecule has 14 heavy (non-hydrogen) atoms. The molecule has 1 aromatic rings. The van der Waals surface area contributed by atoms with Gasteiger partial charge >= 0.3 is 0 Å². The Morgan fingerprint density at radius 2 is 2.29 bits per heavy atom. The number of nitrogens with two attached hydrogens (primary N) is 1. The third-order valence-electron chi connectivity index (χ3n) is 1.80. The fourth-order valence-corrected chi connectivity index (χ4v) is 1.19. The molecule has 0 aliphatic carbocycles. The second-order valence-corrected chi connectivity index (χ2v) is 3.40. The third kappa shape index (κ3) is 2.64. The summed E-state index contributed by atoms with van der Waals surface area (Å²) in [4.78, 5) is 11.5. The molecular formula is C10H13ClN2O. The Hall–Kier alpha value is -1.22. The van der Waals surface area contributed by atoms with E-state index in [4.69, 9.17) is 17.3 Å². The second kappa shape index (κ2) is 4.86. The summed E-state index contributed by atoms with van der Waals surface area (Å²) in [6.45, 7) is 2.66. The van der Waals surface area contributed by atoms with Gasteiger partial charge in [-0.1, -0.05) is 18.5 Å². The van der Waals surface area contributed by atoms with E-state index < -0.39 is 0 Å². The molecule has 0 atom stereocenters. The van der Waals surface area contributed by atoms with E-state index in [1.165, 1.54) is 0 Å². The van der Waals surface area contributed by atoms with Gasteiger partial charge in [0.25, 0.3) is 5.91 Å². The van der Waals surface area contributed by atoms with Crippen LogP contribution in [-0.2, 0) is 0 Å². The topological polar surface area (TPSA) is 55.1 Å². The molecule has 1 amide bonds. The van der Waals surface area contributed by atoms with Crippen LogP contribution in [0.15, 0.2) is 18.2 Å². The first-order valence-electron chi connectivity index (χ1n) is 4.48. The highest BCUT2D eigenvalue weighted by Gasteiger charge is 2.05. The third-order valence-corrected chi connectivity index (χ3v) is 2.13. The summed E-state index contributed by atoms with van der Waals surface area (Å²) in [7, 11) is 0. The summed E-state index contributed by atoms with van der Waals surface area (Å²) in [5.74, 6) is -0.117. The van der Waals surface area contributed by atoms with E-state index in [1.54, 1.807) is 18.2 Å². The molecule has 0 aromatic heterocycles. The van der Waals surface area contributed by atoms with E-state index in [9.17, 15) is 4.79 Å². The maximum absolute atomic E-state index is 11.5. The van der Waals surface area contributed by atoms with Crippen LogP contribution in [-0.4, -0.2) is 12.5 Å². The number of nitrogens with one attached hydrogen (secondary N) is 1. The molecule has 0 bridgehead atoms. The van der Waals surface area contributed by atoms with Gasteiger partial charge in [-0.3, -0.25) is 4.79 Å². The first kappa shape index (κ1) is 10.9. The van der Waals surface area contributed by atoms with Crippen molar-refractivity contribution in [1.82, 2.24) is 5.32 Å². The van der Waals surface area contributed by atoms with Crippen LogP contribution >= 0.6 is 11.6 Å². The van der Waals surface area contributed by atoms with Gasteiger partial charge in [-0.05, 0) is 24.6 Å². The van der Waals surface area contributed by atoms with Crippen molar-refractivity contribution in [3.8, 4) is 0 Å². The largest absolute Gasteiger partial charge is 0.398 e. The lowest BCUT2D eigenvalue weighted by Gasteiger charge is -2.04. The molecule has 0 radical (unpaired) electrons. The molecule has 0 aliphatic rings. The Bertz CT molecular complexity index is 339. The lowest BCUT2D eigenvalue weighted by molar-refractivity contribution is 0.0953. The lowest BCUT2D eigenvalue weighted by atomic mass is 10.2. The molecule has 76 valence electrons. The average molecular weight is 213 g/mol. The quantitative estimate of drug-likeness (QED) is 0.754. The highest BCUT2D eigenvalue weighted by molar-refractivity contribution is 6.33. The fourth-order valence-electron chi connectivity index (χ4n) is 1.01. The van der Waals surface area contributed by atoms with Crippen molar-refractivity contribution in [3.05, 3.63) is 28.8 Å². The number of hydrogen-bond acceptors (Lipinski definition) is 2. The maximum atomic E-state index is 11.5. The van der Waals surface area contributed by atoms with Crippen LogP contribution in [0.4, 0.5) is 5.69 Å². The minimum Gasteiger partial charge on any atom is -0.398 e. The number of carbonyl (C=O) groups excluding carboxylic acids is 1. The molecule has 4 heteroatoms. The van der Waals surface area contributed by atoms with Crippen molar-refractivity contribution < 1.29 is 4.79 Å². The zero-order valence-electron chi connectivity index (χ0n) is 8.01. The number of benzene rings is 1. The molecular weight excluding hydrogens is 200 g/mol. The van der Waals surface area contributed by atoms with E-state index in [1.807, 2.05) is 6.92 Å². The summed E-state index contributed by atoms with van der Waals surface area (Å²) >= 11 is 5.79. The standard InChI is InChI=1S/C10H13ClN2O/c1-2-5-13-10(14)7-3-4-9(12)8(11)6-7/h3-4,6H,2,5,12H2,1H3,(H,13,14). The Labute approximate surface area is 88.2 Å². The number of rotatable bonds is 3. The number of carbonyl (C=O) groups is 1.